The molecule has 0 amide bonds. The second kappa shape index (κ2) is 8.10. The van der Waals surface area contributed by atoms with Crippen LogP contribution in [0.3, 0.4) is 0 Å². The molecule has 162 valence electrons. The van der Waals surface area contributed by atoms with E-state index in [0.29, 0.717) is 24.4 Å². The first-order valence-corrected chi connectivity index (χ1v) is 9.95. The lowest BCUT2D eigenvalue weighted by Gasteiger charge is -2.44. The summed E-state index contributed by atoms with van der Waals surface area (Å²) in [7, 11) is 1.45. The van der Waals surface area contributed by atoms with Crippen molar-refractivity contribution in [2.75, 3.05) is 13.7 Å². The Balaban J connectivity index is 1.96. The van der Waals surface area contributed by atoms with E-state index in [1.165, 1.54) is 13.3 Å². The van der Waals surface area contributed by atoms with Crippen LogP contribution in [-0.4, -0.2) is 45.7 Å². The van der Waals surface area contributed by atoms with Crippen molar-refractivity contribution in [2.45, 2.75) is 46.1 Å². The summed E-state index contributed by atoms with van der Waals surface area (Å²) < 4.78 is 6.25. The second-order valence-corrected chi connectivity index (χ2v) is 9.19. The molecule has 0 radical (unpaired) electrons. The van der Waals surface area contributed by atoms with Crippen molar-refractivity contribution in [1.82, 2.24) is 9.55 Å². The second-order valence-electron chi connectivity index (χ2n) is 9.19. The molecular formula is C22H29N3O5. The molecule has 0 unspecified atom stereocenters. The maximum absolute atomic E-state index is 12.4. The summed E-state index contributed by atoms with van der Waals surface area (Å²) in [6, 6.07) is 6.68. The highest BCUT2D eigenvalue weighted by Crippen LogP contribution is 2.46. The highest BCUT2D eigenvalue weighted by Gasteiger charge is 2.40. The first-order valence-electron chi connectivity index (χ1n) is 9.95. The van der Waals surface area contributed by atoms with Crippen LogP contribution >= 0.6 is 0 Å². The number of methoxy groups -OCH3 is 1. The SMILES string of the molecule is COc1ccccc1-n1c(O)c(C=NC[C@]2(C)C[C@H](O)CC(C)(C)C2)c(=O)[nH]c1=O. The standard InChI is InChI=1S/C22H29N3O5/c1-21(2)9-14(26)10-22(3,12-21)13-23-11-15-18(27)24-20(29)25(19(15)28)16-7-5-6-8-17(16)30-4/h5-8,11,14,26,28H,9-10,12-13H2,1-4H3,(H,24,27,29)/t14-,22-/m1/s1. The van der Waals surface area contributed by atoms with E-state index in [1.54, 1.807) is 24.3 Å². The van der Waals surface area contributed by atoms with Gasteiger partial charge in [0, 0.05) is 12.8 Å². The normalized spacial score (nSPS) is 23.6. The lowest BCUT2D eigenvalue weighted by atomic mass is 9.63. The Morgan fingerprint density at radius 2 is 1.97 bits per heavy atom. The molecular weight excluding hydrogens is 386 g/mol. The fourth-order valence-corrected chi connectivity index (χ4v) is 4.75. The zero-order valence-corrected chi connectivity index (χ0v) is 17.8. The smallest absolute Gasteiger partial charge is 0.335 e. The number of hydrogen-bond acceptors (Lipinski definition) is 6. The summed E-state index contributed by atoms with van der Waals surface area (Å²) in [6.07, 6.45) is 3.15. The summed E-state index contributed by atoms with van der Waals surface area (Å²) in [5, 5.41) is 20.9. The van der Waals surface area contributed by atoms with Crippen LogP contribution in [0, 0.1) is 10.8 Å². The van der Waals surface area contributed by atoms with E-state index >= 15 is 0 Å². The number of aromatic amines is 1. The van der Waals surface area contributed by atoms with Crippen LogP contribution in [0.1, 0.15) is 45.6 Å². The molecule has 3 rings (SSSR count). The predicted octanol–water partition coefficient (Wildman–Crippen LogP) is 2.24. The number of para-hydroxylation sites is 2. The summed E-state index contributed by atoms with van der Waals surface area (Å²) in [6.45, 7) is 6.70. The molecule has 1 aliphatic rings. The Kier molecular flexibility index (Phi) is 5.90. The number of aliphatic imine (C=N–C) groups is 1. The van der Waals surface area contributed by atoms with E-state index in [4.69, 9.17) is 4.74 Å². The molecule has 0 aliphatic heterocycles. The maximum Gasteiger partial charge on any atom is 0.335 e. The molecule has 0 spiro atoms. The monoisotopic (exact) mass is 415 g/mol. The fraction of sp³-hybridized carbons (Fsp3) is 0.500. The Bertz CT molecular complexity index is 1070. The van der Waals surface area contributed by atoms with Crippen LogP contribution in [0.5, 0.6) is 11.6 Å². The quantitative estimate of drug-likeness (QED) is 0.648. The van der Waals surface area contributed by atoms with Gasteiger partial charge >= 0.3 is 5.69 Å². The number of ether oxygens (including phenoxy) is 1. The van der Waals surface area contributed by atoms with E-state index in [0.717, 1.165) is 17.4 Å². The molecule has 1 aromatic carbocycles. The van der Waals surface area contributed by atoms with Crippen LogP contribution < -0.4 is 16.0 Å². The molecule has 1 heterocycles. The minimum absolute atomic E-state index is 0.00135. The molecule has 1 fully saturated rings. The van der Waals surface area contributed by atoms with Gasteiger partial charge in [-0.3, -0.25) is 14.8 Å². The fourth-order valence-electron chi connectivity index (χ4n) is 4.75. The van der Waals surface area contributed by atoms with Gasteiger partial charge in [-0.2, -0.15) is 0 Å². The Morgan fingerprint density at radius 1 is 1.27 bits per heavy atom. The number of aliphatic hydroxyl groups is 1. The van der Waals surface area contributed by atoms with Crippen molar-refractivity contribution in [2.24, 2.45) is 15.8 Å². The summed E-state index contributed by atoms with van der Waals surface area (Å²) in [4.78, 5) is 31.3. The van der Waals surface area contributed by atoms with Gasteiger partial charge in [-0.25, -0.2) is 9.36 Å². The Morgan fingerprint density at radius 3 is 2.63 bits per heavy atom. The predicted molar refractivity (Wildman–Crippen MR) is 115 cm³/mol. The molecule has 8 nitrogen and oxygen atoms in total. The number of nitrogens with zero attached hydrogens (tertiary/aromatic N) is 2. The number of hydrogen-bond donors (Lipinski definition) is 3. The molecule has 8 heteroatoms. The van der Waals surface area contributed by atoms with Crippen molar-refractivity contribution in [1.29, 1.82) is 0 Å². The summed E-state index contributed by atoms with van der Waals surface area (Å²) >= 11 is 0. The largest absolute Gasteiger partial charge is 0.495 e. The zero-order valence-electron chi connectivity index (χ0n) is 17.8. The molecule has 30 heavy (non-hydrogen) atoms. The van der Waals surface area contributed by atoms with E-state index in [-0.39, 0.29) is 16.4 Å². The van der Waals surface area contributed by atoms with Crippen LogP contribution in [-0.2, 0) is 0 Å². The molecule has 1 saturated carbocycles. The third-order valence-electron chi connectivity index (χ3n) is 5.56. The topological polar surface area (TPSA) is 117 Å². The first kappa shape index (κ1) is 21.8. The van der Waals surface area contributed by atoms with Crippen LogP contribution in [0.25, 0.3) is 5.69 Å². The van der Waals surface area contributed by atoms with E-state index < -0.39 is 23.2 Å². The zero-order chi connectivity index (χ0) is 22.1. The number of rotatable bonds is 5. The lowest BCUT2D eigenvalue weighted by molar-refractivity contribution is -0.00472. The molecule has 2 aromatic rings. The average molecular weight is 415 g/mol. The lowest BCUT2D eigenvalue weighted by Crippen LogP contribution is -2.40. The van der Waals surface area contributed by atoms with E-state index in [2.05, 4.69) is 30.7 Å². The molecule has 1 aliphatic carbocycles. The summed E-state index contributed by atoms with van der Waals surface area (Å²) in [5.41, 5.74) is -1.53. The van der Waals surface area contributed by atoms with Crippen molar-refractivity contribution < 1.29 is 14.9 Å². The van der Waals surface area contributed by atoms with Crippen LogP contribution in [0.15, 0.2) is 38.8 Å². The van der Waals surface area contributed by atoms with E-state index in [1.807, 2.05) is 0 Å². The van der Waals surface area contributed by atoms with Gasteiger partial charge in [-0.05, 0) is 42.2 Å². The van der Waals surface area contributed by atoms with Gasteiger partial charge in [0.2, 0.25) is 5.88 Å². The first-order chi connectivity index (χ1) is 14.1. The number of nitrogens with one attached hydrogen (secondary N) is 1. The third kappa shape index (κ3) is 4.48. The minimum atomic E-state index is -0.775. The average Bonchev–Trinajstić information content (AvgIpc) is 2.62. The molecule has 1 aromatic heterocycles. The van der Waals surface area contributed by atoms with Crippen molar-refractivity contribution >= 4 is 6.21 Å². The number of H-pyrrole nitrogens is 1. The van der Waals surface area contributed by atoms with Gasteiger partial charge in [0.05, 0.1) is 18.9 Å². The number of aliphatic hydroxyl groups excluding tert-OH is 1. The van der Waals surface area contributed by atoms with Gasteiger partial charge in [0.1, 0.15) is 11.3 Å². The molecule has 0 saturated heterocycles. The number of benzene rings is 1. The van der Waals surface area contributed by atoms with Crippen LogP contribution in [0.2, 0.25) is 0 Å². The van der Waals surface area contributed by atoms with Crippen molar-refractivity contribution in [3.8, 4) is 17.3 Å². The Labute approximate surface area is 174 Å². The van der Waals surface area contributed by atoms with Gasteiger partial charge in [-0.1, -0.05) is 32.9 Å². The van der Waals surface area contributed by atoms with Gasteiger partial charge < -0.3 is 14.9 Å². The van der Waals surface area contributed by atoms with Crippen molar-refractivity contribution in [3.63, 3.8) is 0 Å². The minimum Gasteiger partial charge on any atom is -0.495 e. The third-order valence-corrected chi connectivity index (χ3v) is 5.56. The van der Waals surface area contributed by atoms with Gasteiger partial charge in [0.25, 0.3) is 5.56 Å². The van der Waals surface area contributed by atoms with Crippen molar-refractivity contribution in [3.05, 3.63) is 50.7 Å². The number of aromatic nitrogens is 2. The van der Waals surface area contributed by atoms with Gasteiger partial charge in [0.15, 0.2) is 0 Å². The summed E-state index contributed by atoms with van der Waals surface area (Å²) in [5.74, 6) is -0.137. The number of aromatic hydroxyl groups is 1. The molecule has 0 bridgehead atoms. The highest BCUT2D eigenvalue weighted by molar-refractivity contribution is 5.82. The maximum atomic E-state index is 12.4. The molecule has 2 atom stereocenters. The van der Waals surface area contributed by atoms with E-state index in [9.17, 15) is 19.8 Å². The van der Waals surface area contributed by atoms with Gasteiger partial charge in [-0.15, -0.1) is 0 Å². The molecule has 3 N–H and O–H groups in total. The Hall–Kier alpha value is -2.87. The van der Waals surface area contributed by atoms with Crippen LogP contribution in [0.4, 0.5) is 0 Å². The highest BCUT2D eigenvalue weighted by atomic mass is 16.5.